The summed E-state index contributed by atoms with van der Waals surface area (Å²) in [7, 11) is -4.04. The number of ether oxygens (including phenoxy) is 1. The molecule has 1 atom stereocenters. The SMILES string of the molecule is NS(=O)(=O)c1cc(N2CCOC(c3cccs3)C2)cc([N+](=O)[O-])c1. The standard InChI is InChI=1S/C14H15N3O5S2/c15-24(20,21)12-7-10(6-11(8-12)17(18)19)16-3-4-22-13(9-16)14-2-1-5-23-14/h1-2,5-8,13H,3-4,9H2,(H2,15,20,21). The minimum atomic E-state index is -4.04. The zero-order valence-corrected chi connectivity index (χ0v) is 14.1. The van der Waals surface area contributed by atoms with Crippen LogP contribution in [0, 0.1) is 10.1 Å². The monoisotopic (exact) mass is 369 g/mol. The number of sulfonamides is 1. The van der Waals surface area contributed by atoms with Crippen molar-refractivity contribution in [2.24, 2.45) is 5.14 Å². The fraction of sp³-hybridized carbons (Fsp3) is 0.286. The molecule has 0 aliphatic carbocycles. The van der Waals surface area contributed by atoms with E-state index in [0.717, 1.165) is 10.9 Å². The number of hydrogen-bond acceptors (Lipinski definition) is 7. The van der Waals surface area contributed by atoms with E-state index in [1.165, 1.54) is 12.1 Å². The van der Waals surface area contributed by atoms with Gasteiger partial charge in [-0.15, -0.1) is 11.3 Å². The summed E-state index contributed by atoms with van der Waals surface area (Å²) in [6, 6.07) is 7.57. The third-order valence-corrected chi connectivity index (χ3v) is 5.56. The van der Waals surface area contributed by atoms with Gasteiger partial charge in [0.25, 0.3) is 5.69 Å². The smallest absolute Gasteiger partial charge is 0.272 e. The molecule has 3 rings (SSSR count). The van der Waals surface area contributed by atoms with Crippen LogP contribution in [0.2, 0.25) is 0 Å². The predicted octanol–water partition coefficient (Wildman–Crippen LogP) is 1.88. The fourth-order valence-corrected chi connectivity index (χ4v) is 3.89. The van der Waals surface area contributed by atoms with E-state index in [4.69, 9.17) is 9.88 Å². The average molecular weight is 369 g/mol. The van der Waals surface area contributed by atoms with Gasteiger partial charge < -0.3 is 9.64 Å². The Hall–Kier alpha value is -2.01. The summed E-state index contributed by atoms with van der Waals surface area (Å²) in [5.41, 5.74) is 0.133. The first kappa shape index (κ1) is 16.8. The third-order valence-electron chi connectivity index (χ3n) is 3.71. The molecule has 1 aliphatic heterocycles. The predicted molar refractivity (Wildman–Crippen MR) is 89.7 cm³/mol. The van der Waals surface area contributed by atoms with Crippen LogP contribution in [0.3, 0.4) is 0 Å². The first-order valence-corrected chi connectivity index (χ1v) is 9.49. The van der Waals surface area contributed by atoms with Crippen LogP contribution < -0.4 is 10.0 Å². The molecule has 0 radical (unpaired) electrons. The lowest BCUT2D eigenvalue weighted by Crippen LogP contribution is -2.38. The minimum absolute atomic E-state index is 0.157. The summed E-state index contributed by atoms with van der Waals surface area (Å²) in [4.78, 5) is 13.1. The number of thiophene rings is 1. The minimum Gasteiger partial charge on any atom is -0.369 e. The van der Waals surface area contributed by atoms with Crippen molar-refractivity contribution < 1.29 is 18.1 Å². The van der Waals surface area contributed by atoms with Crippen LogP contribution in [0.4, 0.5) is 11.4 Å². The van der Waals surface area contributed by atoms with Crippen LogP contribution in [0.15, 0.2) is 40.6 Å². The molecule has 0 spiro atoms. The van der Waals surface area contributed by atoms with Crippen LogP contribution in [0.5, 0.6) is 0 Å². The highest BCUT2D eigenvalue weighted by Gasteiger charge is 2.25. The van der Waals surface area contributed by atoms with Gasteiger partial charge >= 0.3 is 0 Å². The van der Waals surface area contributed by atoms with Gasteiger partial charge in [0.2, 0.25) is 10.0 Å². The Bertz CT molecular complexity index is 851. The Kier molecular flexibility index (Phi) is 4.54. The van der Waals surface area contributed by atoms with E-state index in [-0.39, 0.29) is 16.7 Å². The van der Waals surface area contributed by atoms with Crippen molar-refractivity contribution in [1.29, 1.82) is 0 Å². The van der Waals surface area contributed by atoms with Crippen LogP contribution >= 0.6 is 11.3 Å². The maximum Gasteiger partial charge on any atom is 0.272 e. The Labute approximate surface area is 142 Å². The summed E-state index contributed by atoms with van der Waals surface area (Å²) >= 11 is 1.57. The van der Waals surface area contributed by atoms with Crippen molar-refractivity contribution >= 4 is 32.7 Å². The summed E-state index contributed by atoms with van der Waals surface area (Å²) in [6.07, 6.45) is -0.157. The van der Waals surface area contributed by atoms with Crippen LogP contribution in [-0.2, 0) is 14.8 Å². The molecule has 1 aliphatic rings. The number of nitro benzene ring substituents is 1. The van der Waals surface area contributed by atoms with Gasteiger partial charge in [-0.3, -0.25) is 10.1 Å². The molecule has 1 fully saturated rings. The second-order valence-corrected chi connectivity index (χ2v) is 7.85. The zero-order valence-electron chi connectivity index (χ0n) is 12.5. The highest BCUT2D eigenvalue weighted by molar-refractivity contribution is 7.89. The first-order chi connectivity index (χ1) is 11.3. The molecule has 0 saturated carbocycles. The van der Waals surface area contributed by atoms with E-state index in [1.54, 1.807) is 11.3 Å². The van der Waals surface area contributed by atoms with Crippen molar-refractivity contribution in [3.8, 4) is 0 Å². The van der Waals surface area contributed by atoms with E-state index >= 15 is 0 Å². The number of benzene rings is 1. The number of primary sulfonamides is 1. The number of nitrogens with zero attached hydrogens (tertiary/aromatic N) is 2. The van der Waals surface area contributed by atoms with Gasteiger partial charge in [-0.25, -0.2) is 13.6 Å². The highest BCUT2D eigenvalue weighted by Crippen LogP contribution is 2.31. The van der Waals surface area contributed by atoms with E-state index < -0.39 is 14.9 Å². The number of hydrogen-bond donors (Lipinski definition) is 1. The molecule has 0 bridgehead atoms. The van der Waals surface area contributed by atoms with Gasteiger partial charge in [0.1, 0.15) is 6.10 Å². The maximum atomic E-state index is 11.6. The molecule has 0 amide bonds. The number of morpholine rings is 1. The lowest BCUT2D eigenvalue weighted by molar-refractivity contribution is -0.385. The molecule has 8 nitrogen and oxygen atoms in total. The highest BCUT2D eigenvalue weighted by atomic mass is 32.2. The van der Waals surface area contributed by atoms with Crippen LogP contribution in [-0.4, -0.2) is 33.0 Å². The van der Waals surface area contributed by atoms with E-state index in [9.17, 15) is 18.5 Å². The Morgan fingerprint density at radius 2 is 2.17 bits per heavy atom. The Morgan fingerprint density at radius 1 is 1.38 bits per heavy atom. The van der Waals surface area contributed by atoms with Crippen molar-refractivity contribution in [2.75, 3.05) is 24.6 Å². The molecule has 1 aromatic heterocycles. The van der Waals surface area contributed by atoms with Gasteiger partial charge in [0.15, 0.2) is 0 Å². The molecule has 1 unspecified atom stereocenters. The number of nitro groups is 1. The maximum absolute atomic E-state index is 11.6. The first-order valence-electron chi connectivity index (χ1n) is 7.07. The fourth-order valence-electron chi connectivity index (χ4n) is 2.55. The van der Waals surface area contributed by atoms with Crippen LogP contribution in [0.1, 0.15) is 11.0 Å². The molecule has 10 heteroatoms. The van der Waals surface area contributed by atoms with Gasteiger partial charge in [0.05, 0.1) is 16.4 Å². The second kappa shape index (κ2) is 6.48. The van der Waals surface area contributed by atoms with Crippen molar-refractivity contribution in [3.63, 3.8) is 0 Å². The number of nitrogens with two attached hydrogens (primary N) is 1. The Balaban J connectivity index is 1.95. The lowest BCUT2D eigenvalue weighted by atomic mass is 10.2. The van der Waals surface area contributed by atoms with Gasteiger partial charge in [-0.2, -0.15) is 0 Å². The molecule has 2 aromatic rings. The Morgan fingerprint density at radius 3 is 2.79 bits per heavy atom. The third kappa shape index (κ3) is 3.56. The van der Waals surface area contributed by atoms with Crippen molar-refractivity contribution in [2.45, 2.75) is 11.0 Å². The van der Waals surface area contributed by atoms with Gasteiger partial charge in [0, 0.05) is 35.8 Å². The lowest BCUT2D eigenvalue weighted by Gasteiger charge is -2.34. The number of non-ortho nitro benzene ring substituents is 1. The molecule has 1 aromatic carbocycles. The van der Waals surface area contributed by atoms with E-state index in [2.05, 4.69) is 0 Å². The molecule has 128 valence electrons. The van der Waals surface area contributed by atoms with Crippen LogP contribution in [0.25, 0.3) is 0 Å². The van der Waals surface area contributed by atoms with E-state index in [1.807, 2.05) is 22.4 Å². The largest absolute Gasteiger partial charge is 0.369 e. The van der Waals surface area contributed by atoms with Gasteiger partial charge in [-0.05, 0) is 17.5 Å². The van der Waals surface area contributed by atoms with Crippen molar-refractivity contribution in [1.82, 2.24) is 0 Å². The van der Waals surface area contributed by atoms with Crippen molar-refractivity contribution in [3.05, 3.63) is 50.7 Å². The summed E-state index contributed by atoms with van der Waals surface area (Å²) in [5.74, 6) is 0. The zero-order chi connectivity index (χ0) is 17.3. The summed E-state index contributed by atoms with van der Waals surface area (Å²) in [6.45, 7) is 1.43. The normalized spacial score (nSPS) is 18.5. The van der Waals surface area contributed by atoms with E-state index in [0.29, 0.717) is 25.4 Å². The second-order valence-electron chi connectivity index (χ2n) is 5.31. The molecular weight excluding hydrogens is 354 g/mol. The van der Waals surface area contributed by atoms with Gasteiger partial charge in [-0.1, -0.05) is 6.07 Å². The summed E-state index contributed by atoms with van der Waals surface area (Å²) < 4.78 is 29.0. The average Bonchev–Trinajstić information content (AvgIpc) is 3.08. The molecule has 24 heavy (non-hydrogen) atoms. The number of rotatable bonds is 4. The molecule has 2 heterocycles. The molecule has 1 saturated heterocycles. The topological polar surface area (TPSA) is 116 Å². The quantitative estimate of drug-likeness (QED) is 0.650. The summed E-state index contributed by atoms with van der Waals surface area (Å²) in [5, 5.41) is 18.2. The number of anilines is 1. The molecule has 2 N–H and O–H groups in total. The molecular formula is C14H15N3O5S2.